The maximum Gasteiger partial charge on any atom is 0.175 e. The molecule has 0 fully saturated rings. The van der Waals surface area contributed by atoms with Crippen LogP contribution >= 0.6 is 15.9 Å². The standard InChI is InChI=1S/C12H14BrNO2/c1-8(7-14)4-9-5-10(13)12-11(6-9)15-2-3-16-12/h4-6H,2-3,7,14H2,1H3. The number of rotatable bonds is 2. The Labute approximate surface area is 103 Å². The van der Waals surface area contributed by atoms with Crippen molar-refractivity contribution in [3.05, 3.63) is 27.7 Å². The SMILES string of the molecule is CC(=Cc1cc(Br)c2c(c1)OCCO2)CN. The van der Waals surface area contributed by atoms with Crippen LogP contribution in [0.25, 0.3) is 6.08 Å². The van der Waals surface area contributed by atoms with Crippen LogP contribution in [-0.4, -0.2) is 19.8 Å². The summed E-state index contributed by atoms with van der Waals surface area (Å²) in [5.41, 5.74) is 7.76. The van der Waals surface area contributed by atoms with Gasteiger partial charge in [0.05, 0.1) is 4.47 Å². The predicted molar refractivity (Wildman–Crippen MR) is 67.8 cm³/mol. The number of fused-ring (bicyclic) bond motifs is 1. The van der Waals surface area contributed by atoms with E-state index >= 15 is 0 Å². The minimum atomic E-state index is 0.562. The molecule has 0 spiro atoms. The molecule has 1 heterocycles. The highest BCUT2D eigenvalue weighted by Crippen LogP contribution is 2.38. The van der Waals surface area contributed by atoms with Gasteiger partial charge in [0.2, 0.25) is 0 Å². The molecule has 1 aliphatic rings. The molecule has 0 aromatic heterocycles. The van der Waals surface area contributed by atoms with Crippen LogP contribution in [0.3, 0.4) is 0 Å². The van der Waals surface area contributed by atoms with Crippen molar-refractivity contribution in [2.75, 3.05) is 19.8 Å². The Bertz CT molecular complexity index is 429. The van der Waals surface area contributed by atoms with E-state index in [2.05, 4.69) is 15.9 Å². The van der Waals surface area contributed by atoms with Gasteiger partial charge in [-0.2, -0.15) is 0 Å². The van der Waals surface area contributed by atoms with Crippen molar-refractivity contribution >= 4 is 22.0 Å². The van der Waals surface area contributed by atoms with Gasteiger partial charge in [0.1, 0.15) is 13.2 Å². The van der Waals surface area contributed by atoms with Crippen LogP contribution in [0, 0.1) is 0 Å². The lowest BCUT2D eigenvalue weighted by Crippen LogP contribution is -2.15. The molecule has 0 aliphatic carbocycles. The molecule has 1 aliphatic heterocycles. The van der Waals surface area contributed by atoms with Gasteiger partial charge in [-0.3, -0.25) is 0 Å². The van der Waals surface area contributed by atoms with Gasteiger partial charge >= 0.3 is 0 Å². The molecule has 0 unspecified atom stereocenters. The fourth-order valence-corrected chi connectivity index (χ4v) is 2.13. The summed E-state index contributed by atoms with van der Waals surface area (Å²) in [5.74, 6) is 1.57. The molecule has 0 saturated carbocycles. The van der Waals surface area contributed by atoms with Gasteiger partial charge in [-0.25, -0.2) is 0 Å². The molecule has 0 bridgehead atoms. The van der Waals surface area contributed by atoms with E-state index in [1.54, 1.807) is 0 Å². The number of ether oxygens (including phenoxy) is 2. The molecule has 3 nitrogen and oxygen atoms in total. The van der Waals surface area contributed by atoms with E-state index in [9.17, 15) is 0 Å². The monoisotopic (exact) mass is 283 g/mol. The van der Waals surface area contributed by atoms with Gasteiger partial charge in [0.15, 0.2) is 11.5 Å². The van der Waals surface area contributed by atoms with Gasteiger partial charge in [-0.1, -0.05) is 11.6 Å². The Morgan fingerprint density at radius 1 is 1.44 bits per heavy atom. The number of benzene rings is 1. The average Bonchev–Trinajstić information content (AvgIpc) is 2.29. The molecule has 0 radical (unpaired) electrons. The Kier molecular flexibility index (Phi) is 3.51. The number of halogens is 1. The van der Waals surface area contributed by atoms with Crippen molar-refractivity contribution in [2.24, 2.45) is 5.73 Å². The lowest BCUT2D eigenvalue weighted by molar-refractivity contribution is 0.170. The smallest absolute Gasteiger partial charge is 0.175 e. The third-order valence-corrected chi connectivity index (χ3v) is 2.94. The van der Waals surface area contributed by atoms with E-state index in [0.717, 1.165) is 27.1 Å². The van der Waals surface area contributed by atoms with Crippen molar-refractivity contribution in [1.82, 2.24) is 0 Å². The Hall–Kier alpha value is -1.00. The molecule has 1 aromatic rings. The minimum Gasteiger partial charge on any atom is -0.486 e. The summed E-state index contributed by atoms with van der Waals surface area (Å²) in [6, 6.07) is 3.98. The fraction of sp³-hybridized carbons (Fsp3) is 0.333. The van der Waals surface area contributed by atoms with Gasteiger partial charge in [0.25, 0.3) is 0 Å². The molecule has 16 heavy (non-hydrogen) atoms. The lowest BCUT2D eigenvalue weighted by Gasteiger charge is -2.20. The molecule has 0 amide bonds. The zero-order valence-corrected chi connectivity index (χ0v) is 10.7. The van der Waals surface area contributed by atoms with E-state index in [0.29, 0.717) is 19.8 Å². The second-order valence-electron chi connectivity index (χ2n) is 3.72. The van der Waals surface area contributed by atoms with Gasteiger partial charge < -0.3 is 15.2 Å². The summed E-state index contributed by atoms with van der Waals surface area (Å²) in [6.07, 6.45) is 2.04. The zero-order chi connectivity index (χ0) is 11.5. The van der Waals surface area contributed by atoms with E-state index in [1.807, 2.05) is 25.1 Å². The topological polar surface area (TPSA) is 44.5 Å². The van der Waals surface area contributed by atoms with Crippen molar-refractivity contribution < 1.29 is 9.47 Å². The summed E-state index contributed by atoms with van der Waals surface area (Å²) in [5, 5.41) is 0. The van der Waals surface area contributed by atoms with Crippen LogP contribution in [0.2, 0.25) is 0 Å². The predicted octanol–water partition coefficient (Wildman–Crippen LogP) is 2.58. The molecule has 1 aromatic carbocycles. The molecule has 0 saturated heterocycles. The molecule has 2 N–H and O–H groups in total. The summed E-state index contributed by atoms with van der Waals surface area (Å²) < 4.78 is 12.0. The van der Waals surface area contributed by atoms with Crippen LogP contribution in [0.4, 0.5) is 0 Å². The zero-order valence-electron chi connectivity index (χ0n) is 9.13. The van der Waals surface area contributed by atoms with Gasteiger partial charge in [-0.05, 0) is 40.5 Å². The quantitative estimate of drug-likeness (QED) is 0.907. The normalized spacial score (nSPS) is 15.1. The highest BCUT2D eigenvalue weighted by molar-refractivity contribution is 9.10. The van der Waals surface area contributed by atoms with Crippen molar-refractivity contribution in [3.63, 3.8) is 0 Å². The molecule has 4 heteroatoms. The number of hydrogen-bond acceptors (Lipinski definition) is 3. The third-order valence-electron chi connectivity index (χ3n) is 2.35. The highest BCUT2D eigenvalue weighted by Gasteiger charge is 2.15. The summed E-state index contributed by atoms with van der Waals surface area (Å²) in [6.45, 7) is 3.77. The van der Waals surface area contributed by atoms with Crippen LogP contribution in [-0.2, 0) is 0 Å². The summed E-state index contributed by atoms with van der Waals surface area (Å²) in [4.78, 5) is 0. The second kappa shape index (κ2) is 4.89. The average molecular weight is 284 g/mol. The van der Waals surface area contributed by atoms with E-state index in [4.69, 9.17) is 15.2 Å². The minimum absolute atomic E-state index is 0.562. The van der Waals surface area contributed by atoms with E-state index in [1.165, 1.54) is 0 Å². The van der Waals surface area contributed by atoms with E-state index < -0.39 is 0 Å². The van der Waals surface area contributed by atoms with Crippen LogP contribution in [0.15, 0.2) is 22.2 Å². The summed E-state index contributed by atoms with van der Waals surface area (Å²) in [7, 11) is 0. The summed E-state index contributed by atoms with van der Waals surface area (Å²) >= 11 is 3.48. The Morgan fingerprint density at radius 3 is 2.94 bits per heavy atom. The number of hydrogen-bond donors (Lipinski definition) is 1. The van der Waals surface area contributed by atoms with Crippen molar-refractivity contribution in [3.8, 4) is 11.5 Å². The third kappa shape index (κ3) is 2.39. The molecule has 86 valence electrons. The maximum atomic E-state index is 5.56. The first-order chi connectivity index (χ1) is 7.70. The molecular formula is C12H14BrNO2. The van der Waals surface area contributed by atoms with Crippen LogP contribution in [0.1, 0.15) is 12.5 Å². The Morgan fingerprint density at radius 2 is 2.19 bits per heavy atom. The molecule has 0 atom stereocenters. The van der Waals surface area contributed by atoms with Crippen molar-refractivity contribution in [2.45, 2.75) is 6.92 Å². The highest BCUT2D eigenvalue weighted by atomic mass is 79.9. The first kappa shape index (κ1) is 11.5. The van der Waals surface area contributed by atoms with E-state index in [-0.39, 0.29) is 0 Å². The second-order valence-corrected chi connectivity index (χ2v) is 4.58. The Balaban J connectivity index is 2.39. The first-order valence-electron chi connectivity index (χ1n) is 5.17. The molecule has 2 rings (SSSR count). The lowest BCUT2D eigenvalue weighted by atomic mass is 10.1. The largest absolute Gasteiger partial charge is 0.486 e. The fourth-order valence-electron chi connectivity index (χ4n) is 1.56. The van der Waals surface area contributed by atoms with Crippen LogP contribution in [0.5, 0.6) is 11.5 Å². The van der Waals surface area contributed by atoms with Gasteiger partial charge in [-0.15, -0.1) is 0 Å². The van der Waals surface area contributed by atoms with Crippen molar-refractivity contribution in [1.29, 1.82) is 0 Å². The number of nitrogens with two attached hydrogens (primary N) is 1. The first-order valence-corrected chi connectivity index (χ1v) is 5.96. The maximum absolute atomic E-state index is 5.56. The molecular weight excluding hydrogens is 270 g/mol. The van der Waals surface area contributed by atoms with Gasteiger partial charge in [0, 0.05) is 6.54 Å². The van der Waals surface area contributed by atoms with Crippen LogP contribution < -0.4 is 15.2 Å².